The lowest BCUT2D eigenvalue weighted by Crippen LogP contribution is -2.72. The van der Waals surface area contributed by atoms with Crippen LogP contribution < -0.4 is 20.1 Å². The van der Waals surface area contributed by atoms with Crippen LogP contribution in [0.1, 0.15) is 17.2 Å². The number of aliphatic hydroxyl groups is 1. The van der Waals surface area contributed by atoms with Gasteiger partial charge in [-0.25, -0.2) is 4.79 Å². The molecule has 2 aliphatic rings. The molecule has 1 saturated heterocycles. The van der Waals surface area contributed by atoms with E-state index in [4.69, 9.17) is 14.2 Å². The monoisotopic (exact) mass is 370 g/mol. The second kappa shape index (κ2) is 7.09. The zero-order valence-electron chi connectivity index (χ0n) is 15.0. The second-order valence-corrected chi connectivity index (χ2v) is 6.74. The lowest BCUT2D eigenvalue weighted by atomic mass is 9.80. The van der Waals surface area contributed by atoms with Crippen LogP contribution >= 0.6 is 0 Å². The molecule has 0 radical (unpaired) electrons. The minimum absolute atomic E-state index is 0.114. The number of hydrogen-bond acceptors (Lipinski definition) is 5. The Morgan fingerprint density at radius 3 is 2.70 bits per heavy atom. The highest BCUT2D eigenvalue weighted by Gasteiger charge is 2.54. The maximum absolute atomic E-state index is 12.2. The third-order valence-corrected chi connectivity index (χ3v) is 5.10. The molecule has 4 rings (SSSR count). The molecule has 7 heteroatoms. The summed E-state index contributed by atoms with van der Waals surface area (Å²) in [6.07, 6.45) is 0. The number of carbonyl (C=O) groups excluding carboxylic acids is 1. The molecule has 2 amide bonds. The van der Waals surface area contributed by atoms with E-state index in [1.54, 1.807) is 7.11 Å². The van der Waals surface area contributed by atoms with E-state index >= 15 is 0 Å². The van der Waals surface area contributed by atoms with Gasteiger partial charge in [0.25, 0.3) is 0 Å². The molecule has 2 aliphatic heterocycles. The number of fused-ring (bicyclic) bond motifs is 4. The van der Waals surface area contributed by atoms with E-state index in [1.165, 1.54) is 0 Å². The number of methoxy groups -OCH3 is 1. The van der Waals surface area contributed by atoms with Gasteiger partial charge < -0.3 is 24.6 Å². The van der Waals surface area contributed by atoms with Crippen molar-refractivity contribution in [2.75, 3.05) is 20.3 Å². The molecule has 27 heavy (non-hydrogen) atoms. The van der Waals surface area contributed by atoms with E-state index in [1.807, 2.05) is 48.5 Å². The van der Waals surface area contributed by atoms with Crippen LogP contribution in [0.2, 0.25) is 0 Å². The number of nitrogens with one attached hydrogen (secondary N) is 2. The summed E-state index contributed by atoms with van der Waals surface area (Å²) in [5, 5.41) is 15.7. The number of urea groups is 1. The minimum atomic E-state index is -1.12. The van der Waals surface area contributed by atoms with E-state index in [9.17, 15) is 9.90 Å². The Balaban J connectivity index is 1.54. The van der Waals surface area contributed by atoms with Gasteiger partial charge in [0.15, 0.2) is 0 Å². The topological polar surface area (TPSA) is 89.1 Å². The predicted molar refractivity (Wildman–Crippen MR) is 97.4 cm³/mol. The fourth-order valence-electron chi connectivity index (χ4n) is 3.72. The van der Waals surface area contributed by atoms with Gasteiger partial charge in [-0.1, -0.05) is 30.3 Å². The van der Waals surface area contributed by atoms with Crippen LogP contribution in [0.4, 0.5) is 4.79 Å². The Labute approximate surface area is 157 Å². The first kappa shape index (κ1) is 17.6. The molecule has 0 aromatic heterocycles. The van der Waals surface area contributed by atoms with Crippen molar-refractivity contribution in [3.63, 3.8) is 0 Å². The molecule has 0 unspecified atom stereocenters. The van der Waals surface area contributed by atoms with E-state index in [-0.39, 0.29) is 31.2 Å². The lowest BCUT2D eigenvalue weighted by Gasteiger charge is -2.51. The first-order valence-electron chi connectivity index (χ1n) is 8.83. The van der Waals surface area contributed by atoms with Crippen LogP contribution in [0.3, 0.4) is 0 Å². The molecule has 7 nitrogen and oxygen atoms in total. The fraction of sp³-hybridized carbons (Fsp3) is 0.350. The van der Waals surface area contributed by atoms with Gasteiger partial charge in [-0.05, 0) is 23.8 Å². The number of carbonyl (C=O) groups is 1. The van der Waals surface area contributed by atoms with Crippen LogP contribution in [-0.2, 0) is 11.3 Å². The summed E-state index contributed by atoms with van der Waals surface area (Å²) < 4.78 is 17.2. The fourth-order valence-corrected chi connectivity index (χ4v) is 3.72. The molecule has 142 valence electrons. The summed E-state index contributed by atoms with van der Waals surface area (Å²) in [5.74, 6) is 1.08. The van der Waals surface area contributed by atoms with Gasteiger partial charge in [-0.2, -0.15) is 0 Å². The third-order valence-electron chi connectivity index (χ3n) is 5.10. The molecular formula is C20H22N2O5. The minimum Gasteiger partial charge on any atom is -0.497 e. The van der Waals surface area contributed by atoms with Crippen molar-refractivity contribution in [1.82, 2.24) is 10.6 Å². The number of benzene rings is 2. The van der Waals surface area contributed by atoms with E-state index < -0.39 is 5.72 Å². The summed E-state index contributed by atoms with van der Waals surface area (Å²) >= 11 is 0. The van der Waals surface area contributed by atoms with E-state index in [0.717, 1.165) is 16.9 Å². The summed E-state index contributed by atoms with van der Waals surface area (Å²) in [4.78, 5) is 12.2. The van der Waals surface area contributed by atoms with E-state index in [2.05, 4.69) is 10.6 Å². The second-order valence-electron chi connectivity index (χ2n) is 6.74. The largest absolute Gasteiger partial charge is 0.497 e. The summed E-state index contributed by atoms with van der Waals surface area (Å²) in [7, 11) is 1.62. The molecule has 0 saturated carbocycles. The summed E-state index contributed by atoms with van der Waals surface area (Å²) in [6.45, 7) is 0.309. The molecular weight excluding hydrogens is 348 g/mol. The molecule has 1 fully saturated rings. The average Bonchev–Trinajstić information content (AvgIpc) is 2.68. The average molecular weight is 370 g/mol. The molecule has 2 bridgehead atoms. The van der Waals surface area contributed by atoms with Gasteiger partial charge in [0.1, 0.15) is 18.1 Å². The molecule has 2 aromatic rings. The number of aliphatic hydroxyl groups excluding tert-OH is 1. The Hall–Kier alpha value is -2.77. The molecule has 0 aliphatic carbocycles. The smallest absolute Gasteiger partial charge is 0.318 e. The Morgan fingerprint density at radius 1 is 1.19 bits per heavy atom. The Morgan fingerprint density at radius 2 is 1.96 bits per heavy atom. The van der Waals surface area contributed by atoms with Crippen LogP contribution in [0, 0.1) is 5.92 Å². The Kier molecular flexibility index (Phi) is 4.63. The molecule has 3 atom stereocenters. The highest BCUT2D eigenvalue weighted by atomic mass is 16.6. The maximum atomic E-state index is 12.2. The zero-order valence-corrected chi connectivity index (χ0v) is 15.0. The summed E-state index contributed by atoms with van der Waals surface area (Å²) in [5.41, 5.74) is 0.709. The Bertz CT molecular complexity index is 825. The van der Waals surface area contributed by atoms with Crippen LogP contribution in [-0.4, -0.2) is 37.2 Å². The van der Waals surface area contributed by atoms with Crippen molar-refractivity contribution in [2.45, 2.75) is 18.4 Å². The molecule has 3 N–H and O–H groups in total. The quantitative estimate of drug-likeness (QED) is 0.723. The molecule has 2 heterocycles. The van der Waals surface area contributed by atoms with Crippen molar-refractivity contribution in [1.29, 1.82) is 0 Å². The first-order valence-corrected chi connectivity index (χ1v) is 8.83. The maximum Gasteiger partial charge on any atom is 0.318 e. The number of hydrogen-bond donors (Lipinski definition) is 3. The van der Waals surface area contributed by atoms with Crippen LogP contribution in [0.5, 0.6) is 11.5 Å². The van der Waals surface area contributed by atoms with Crippen molar-refractivity contribution in [3.8, 4) is 11.5 Å². The van der Waals surface area contributed by atoms with Crippen molar-refractivity contribution in [3.05, 3.63) is 59.7 Å². The predicted octanol–water partition coefficient (Wildman–Crippen LogP) is 1.96. The zero-order chi connectivity index (χ0) is 18.9. The van der Waals surface area contributed by atoms with Crippen LogP contribution in [0.25, 0.3) is 0 Å². The van der Waals surface area contributed by atoms with Gasteiger partial charge in [-0.15, -0.1) is 0 Å². The number of ether oxygens (including phenoxy) is 3. The molecule has 2 aromatic carbocycles. The van der Waals surface area contributed by atoms with E-state index in [0.29, 0.717) is 12.4 Å². The lowest BCUT2D eigenvalue weighted by molar-refractivity contribution is -0.126. The van der Waals surface area contributed by atoms with Crippen molar-refractivity contribution >= 4 is 6.03 Å². The number of para-hydroxylation sites is 1. The van der Waals surface area contributed by atoms with Gasteiger partial charge in [0.05, 0.1) is 32.3 Å². The highest BCUT2D eigenvalue weighted by Crippen LogP contribution is 2.44. The van der Waals surface area contributed by atoms with Gasteiger partial charge in [0, 0.05) is 5.56 Å². The number of rotatable bonds is 6. The van der Waals surface area contributed by atoms with Gasteiger partial charge >= 0.3 is 6.03 Å². The van der Waals surface area contributed by atoms with Crippen molar-refractivity contribution < 1.29 is 24.1 Å². The standard InChI is InChI=1S/C20H22N2O5/c1-25-14-8-6-13(7-9-14)11-26-12-20-16(10-23)18(21-19(24)22-20)15-4-2-3-5-17(15)27-20/h2-9,16,18,23H,10-12H2,1H3,(H2,21,22,24)/t16-,18-,20+/m1/s1. The first-order chi connectivity index (χ1) is 13.1. The number of amides is 2. The summed E-state index contributed by atoms with van der Waals surface area (Å²) in [6, 6.07) is 14.4. The molecule has 0 spiro atoms. The van der Waals surface area contributed by atoms with Crippen LogP contribution in [0.15, 0.2) is 48.5 Å². The van der Waals surface area contributed by atoms with Crippen molar-refractivity contribution in [2.24, 2.45) is 5.92 Å². The highest BCUT2D eigenvalue weighted by molar-refractivity contribution is 5.77. The normalized spacial score (nSPS) is 25.6. The van der Waals surface area contributed by atoms with Gasteiger partial charge in [0.2, 0.25) is 5.72 Å². The van der Waals surface area contributed by atoms with Gasteiger partial charge in [-0.3, -0.25) is 5.32 Å². The SMILES string of the molecule is COc1ccc(COC[C@]23NC(=O)N[C@H](c4ccccc4O2)[C@H]3CO)cc1. The third kappa shape index (κ3) is 3.20.